The van der Waals surface area contributed by atoms with Gasteiger partial charge in [0.1, 0.15) is 0 Å². The van der Waals surface area contributed by atoms with Crippen LogP contribution in [0.25, 0.3) is 0 Å². The van der Waals surface area contributed by atoms with Gasteiger partial charge < -0.3 is 5.32 Å². The molecule has 86 valence electrons. The first-order valence-electron chi connectivity index (χ1n) is 5.92. The first-order valence-corrected chi connectivity index (χ1v) is 5.92. The molecule has 1 unspecified atom stereocenters. The Morgan fingerprint density at radius 1 is 0.929 bits per heavy atom. The second kappa shape index (κ2) is 4.65. The van der Waals surface area contributed by atoms with Gasteiger partial charge in [-0.15, -0.1) is 0 Å². The summed E-state index contributed by atoms with van der Waals surface area (Å²) in [4.78, 5) is 0. The van der Waals surface area contributed by atoms with E-state index in [2.05, 4.69) is 60.7 Å². The summed E-state index contributed by atoms with van der Waals surface area (Å²) in [6.45, 7) is 18.3. The molecule has 0 fully saturated rings. The Hall–Kier alpha value is -0.0400. The molecule has 0 aliphatic rings. The largest absolute Gasteiger partial charge is 0.306 e. The lowest BCUT2D eigenvalue weighted by Gasteiger charge is -2.43. The van der Waals surface area contributed by atoms with Crippen molar-refractivity contribution < 1.29 is 0 Å². The molecule has 0 amide bonds. The molecular formula is C13H29N. The number of nitrogens with one attached hydrogen (secondary N) is 1. The summed E-state index contributed by atoms with van der Waals surface area (Å²) in [6.07, 6.45) is 1.23. The van der Waals surface area contributed by atoms with Crippen molar-refractivity contribution in [3.8, 4) is 0 Å². The van der Waals surface area contributed by atoms with Crippen molar-refractivity contribution in [3.63, 3.8) is 0 Å². The zero-order valence-corrected chi connectivity index (χ0v) is 11.4. The Kier molecular flexibility index (Phi) is 4.64. The van der Waals surface area contributed by atoms with E-state index in [0.717, 1.165) is 0 Å². The second-order valence-corrected chi connectivity index (χ2v) is 6.03. The highest BCUT2D eigenvalue weighted by Crippen LogP contribution is 2.25. The van der Waals surface area contributed by atoms with E-state index < -0.39 is 0 Å². The van der Waals surface area contributed by atoms with Crippen LogP contribution in [-0.4, -0.2) is 11.1 Å². The summed E-state index contributed by atoms with van der Waals surface area (Å²) < 4.78 is 0. The van der Waals surface area contributed by atoms with E-state index in [9.17, 15) is 0 Å². The van der Waals surface area contributed by atoms with Gasteiger partial charge in [-0.2, -0.15) is 0 Å². The van der Waals surface area contributed by atoms with Crippen molar-refractivity contribution in [1.82, 2.24) is 5.32 Å². The summed E-state index contributed by atoms with van der Waals surface area (Å²) in [5.41, 5.74) is 0.440. The highest BCUT2D eigenvalue weighted by Gasteiger charge is 2.32. The van der Waals surface area contributed by atoms with Crippen molar-refractivity contribution in [2.75, 3.05) is 0 Å². The standard InChI is InChI=1S/C13H29N/c1-9-11(4)13(7,8)14-12(5,6)10(2)3/h10-11,14H,9H2,1-8H3. The topological polar surface area (TPSA) is 12.0 Å². The Morgan fingerprint density at radius 2 is 1.36 bits per heavy atom. The van der Waals surface area contributed by atoms with E-state index in [-0.39, 0.29) is 11.1 Å². The molecule has 0 aliphatic heterocycles. The maximum atomic E-state index is 3.78. The van der Waals surface area contributed by atoms with Gasteiger partial charge in [0.05, 0.1) is 0 Å². The van der Waals surface area contributed by atoms with Gasteiger partial charge in [0.2, 0.25) is 0 Å². The van der Waals surface area contributed by atoms with E-state index in [4.69, 9.17) is 0 Å². The van der Waals surface area contributed by atoms with Crippen LogP contribution >= 0.6 is 0 Å². The molecule has 1 nitrogen and oxygen atoms in total. The molecule has 0 radical (unpaired) electrons. The minimum Gasteiger partial charge on any atom is -0.306 e. The average Bonchev–Trinajstić information content (AvgIpc) is 2.00. The third-order valence-electron chi connectivity index (χ3n) is 3.93. The minimum atomic E-state index is 0.215. The summed E-state index contributed by atoms with van der Waals surface area (Å²) >= 11 is 0. The van der Waals surface area contributed by atoms with Gasteiger partial charge in [0.25, 0.3) is 0 Å². The molecule has 1 atom stereocenters. The number of rotatable bonds is 5. The molecule has 0 saturated carbocycles. The predicted molar refractivity (Wildman–Crippen MR) is 65.6 cm³/mol. The van der Waals surface area contributed by atoms with Crippen LogP contribution in [0.5, 0.6) is 0 Å². The molecular weight excluding hydrogens is 170 g/mol. The fourth-order valence-electron chi connectivity index (χ4n) is 1.61. The van der Waals surface area contributed by atoms with E-state index >= 15 is 0 Å². The average molecular weight is 199 g/mol. The molecule has 0 aromatic heterocycles. The lowest BCUT2D eigenvalue weighted by atomic mass is 9.81. The Bertz CT molecular complexity index is 168. The summed E-state index contributed by atoms with van der Waals surface area (Å²) in [7, 11) is 0. The second-order valence-electron chi connectivity index (χ2n) is 6.03. The van der Waals surface area contributed by atoms with Crippen LogP contribution in [0.1, 0.15) is 61.8 Å². The monoisotopic (exact) mass is 199 g/mol. The third-order valence-corrected chi connectivity index (χ3v) is 3.93. The maximum absolute atomic E-state index is 3.78. The fourth-order valence-corrected chi connectivity index (χ4v) is 1.61. The van der Waals surface area contributed by atoms with Crippen LogP contribution in [0.4, 0.5) is 0 Å². The van der Waals surface area contributed by atoms with Crippen molar-refractivity contribution in [3.05, 3.63) is 0 Å². The molecule has 1 heteroatoms. The van der Waals surface area contributed by atoms with Gasteiger partial charge in [0, 0.05) is 11.1 Å². The normalized spacial score (nSPS) is 16.1. The number of hydrogen-bond donors (Lipinski definition) is 1. The smallest absolute Gasteiger partial charge is 0.0155 e. The van der Waals surface area contributed by atoms with Crippen molar-refractivity contribution in [2.45, 2.75) is 72.9 Å². The Labute approximate surface area is 90.7 Å². The van der Waals surface area contributed by atoms with Crippen molar-refractivity contribution in [2.24, 2.45) is 11.8 Å². The van der Waals surface area contributed by atoms with Crippen LogP contribution < -0.4 is 5.32 Å². The van der Waals surface area contributed by atoms with Crippen LogP contribution in [0, 0.1) is 11.8 Å². The number of hydrogen-bond acceptors (Lipinski definition) is 1. The van der Waals surface area contributed by atoms with E-state index in [1.807, 2.05) is 0 Å². The molecule has 0 saturated heterocycles. The molecule has 0 aromatic carbocycles. The molecule has 0 aromatic rings. The van der Waals surface area contributed by atoms with Gasteiger partial charge in [-0.3, -0.25) is 0 Å². The lowest BCUT2D eigenvalue weighted by molar-refractivity contribution is 0.159. The molecule has 0 spiro atoms. The third kappa shape index (κ3) is 3.61. The predicted octanol–water partition coefficient (Wildman–Crippen LogP) is 3.84. The highest BCUT2D eigenvalue weighted by atomic mass is 15.0. The van der Waals surface area contributed by atoms with Crippen LogP contribution in [0.15, 0.2) is 0 Å². The molecule has 0 rings (SSSR count). The van der Waals surface area contributed by atoms with Crippen LogP contribution in [-0.2, 0) is 0 Å². The summed E-state index contributed by atoms with van der Waals surface area (Å²) in [6, 6.07) is 0. The molecule has 0 aliphatic carbocycles. The molecule has 0 heterocycles. The lowest BCUT2D eigenvalue weighted by Crippen LogP contribution is -2.57. The summed E-state index contributed by atoms with van der Waals surface area (Å²) in [5.74, 6) is 1.37. The first-order chi connectivity index (χ1) is 6.13. The van der Waals surface area contributed by atoms with Gasteiger partial charge in [-0.05, 0) is 39.5 Å². The highest BCUT2D eigenvalue weighted by molar-refractivity contribution is 4.92. The van der Waals surface area contributed by atoms with Gasteiger partial charge in [-0.25, -0.2) is 0 Å². The van der Waals surface area contributed by atoms with Crippen molar-refractivity contribution in [1.29, 1.82) is 0 Å². The van der Waals surface area contributed by atoms with E-state index in [1.165, 1.54) is 6.42 Å². The van der Waals surface area contributed by atoms with Gasteiger partial charge in [0.15, 0.2) is 0 Å². The van der Waals surface area contributed by atoms with Crippen LogP contribution in [0.3, 0.4) is 0 Å². The SMILES string of the molecule is CCC(C)C(C)(C)NC(C)(C)C(C)C. The Morgan fingerprint density at radius 3 is 1.64 bits per heavy atom. The van der Waals surface area contributed by atoms with Crippen molar-refractivity contribution >= 4 is 0 Å². The molecule has 0 bridgehead atoms. The first kappa shape index (κ1) is 14.0. The fraction of sp³-hybridized carbons (Fsp3) is 1.00. The molecule has 14 heavy (non-hydrogen) atoms. The maximum Gasteiger partial charge on any atom is 0.0155 e. The zero-order chi connectivity index (χ0) is 11.6. The van der Waals surface area contributed by atoms with E-state index in [0.29, 0.717) is 11.8 Å². The Balaban J connectivity index is 4.49. The minimum absolute atomic E-state index is 0.215. The summed E-state index contributed by atoms with van der Waals surface area (Å²) in [5, 5.41) is 3.78. The van der Waals surface area contributed by atoms with Crippen LogP contribution in [0.2, 0.25) is 0 Å². The van der Waals surface area contributed by atoms with E-state index in [1.54, 1.807) is 0 Å². The van der Waals surface area contributed by atoms with Gasteiger partial charge >= 0.3 is 0 Å². The van der Waals surface area contributed by atoms with Gasteiger partial charge in [-0.1, -0.05) is 34.1 Å². The molecule has 1 N–H and O–H groups in total. The zero-order valence-electron chi connectivity index (χ0n) is 11.4. The quantitative estimate of drug-likeness (QED) is 0.709.